The highest BCUT2D eigenvalue weighted by molar-refractivity contribution is 7.13. The Bertz CT molecular complexity index is 491. The highest BCUT2D eigenvalue weighted by Crippen LogP contribution is 2.35. The number of thiophene rings is 2. The Kier molecular flexibility index (Phi) is 4.82. The molecule has 19 heavy (non-hydrogen) atoms. The molecule has 1 nitrogen and oxygen atoms in total. The quantitative estimate of drug-likeness (QED) is 0.799. The van der Waals surface area contributed by atoms with Crippen LogP contribution in [0.1, 0.15) is 54.8 Å². The maximum absolute atomic E-state index is 3.67. The molecule has 2 heterocycles. The molecule has 0 aliphatic carbocycles. The molecule has 0 saturated heterocycles. The second-order valence-corrected chi connectivity index (χ2v) is 7.95. The van der Waals surface area contributed by atoms with Gasteiger partial charge in [0, 0.05) is 14.6 Å². The van der Waals surface area contributed by atoms with Gasteiger partial charge >= 0.3 is 0 Å². The highest BCUT2D eigenvalue weighted by Gasteiger charge is 2.21. The lowest BCUT2D eigenvalue weighted by Crippen LogP contribution is -2.21. The van der Waals surface area contributed by atoms with Crippen molar-refractivity contribution in [2.45, 2.75) is 45.6 Å². The fraction of sp³-hybridized carbons (Fsp3) is 0.500. The molecule has 1 atom stereocenters. The minimum atomic E-state index is 0.244. The van der Waals surface area contributed by atoms with Crippen LogP contribution in [0.5, 0.6) is 0 Å². The molecule has 0 bridgehead atoms. The van der Waals surface area contributed by atoms with Crippen LogP contribution in [0.15, 0.2) is 29.6 Å². The minimum absolute atomic E-state index is 0.244. The summed E-state index contributed by atoms with van der Waals surface area (Å²) in [5.41, 5.74) is 0.244. The lowest BCUT2D eigenvalue weighted by molar-refractivity contribution is 0.603. The van der Waals surface area contributed by atoms with Gasteiger partial charge < -0.3 is 5.32 Å². The first-order valence-electron chi connectivity index (χ1n) is 6.89. The Hall–Kier alpha value is -0.640. The maximum atomic E-state index is 3.67. The summed E-state index contributed by atoms with van der Waals surface area (Å²) in [6.45, 7) is 10.1. The van der Waals surface area contributed by atoms with Crippen molar-refractivity contribution in [2.24, 2.45) is 0 Å². The van der Waals surface area contributed by atoms with Crippen LogP contribution in [0.3, 0.4) is 0 Å². The van der Waals surface area contributed by atoms with E-state index in [0.717, 1.165) is 6.54 Å². The SMILES string of the molecule is CCCNC(c1cccs1)c1ccc(C(C)(C)C)s1. The first-order valence-corrected chi connectivity index (χ1v) is 8.59. The van der Waals surface area contributed by atoms with Crippen LogP contribution in [0.4, 0.5) is 0 Å². The molecule has 0 amide bonds. The van der Waals surface area contributed by atoms with Crippen LogP contribution in [0.25, 0.3) is 0 Å². The molecular weight excluding hydrogens is 270 g/mol. The maximum Gasteiger partial charge on any atom is 0.0764 e. The van der Waals surface area contributed by atoms with E-state index >= 15 is 0 Å². The average molecular weight is 294 g/mol. The molecule has 0 aromatic carbocycles. The zero-order valence-corrected chi connectivity index (χ0v) is 13.8. The molecule has 3 heteroatoms. The Balaban J connectivity index is 2.26. The van der Waals surface area contributed by atoms with E-state index in [1.54, 1.807) is 0 Å². The third-order valence-corrected chi connectivity index (χ3v) is 5.59. The molecule has 0 fully saturated rings. The van der Waals surface area contributed by atoms with Gasteiger partial charge in [-0.15, -0.1) is 22.7 Å². The molecule has 2 rings (SSSR count). The third kappa shape index (κ3) is 3.68. The van der Waals surface area contributed by atoms with Crippen LogP contribution >= 0.6 is 22.7 Å². The van der Waals surface area contributed by atoms with Crippen molar-refractivity contribution < 1.29 is 0 Å². The molecule has 0 aliphatic heterocycles. The van der Waals surface area contributed by atoms with Gasteiger partial charge in [-0.2, -0.15) is 0 Å². The molecule has 2 aromatic heterocycles. The second-order valence-electron chi connectivity index (χ2n) is 5.85. The van der Waals surface area contributed by atoms with Gasteiger partial charge in [0.15, 0.2) is 0 Å². The standard InChI is InChI=1S/C16H23NS2/c1-5-10-17-15(12-7-6-11-18-12)13-8-9-14(19-13)16(2,3)4/h6-9,11,15,17H,5,10H2,1-4H3. The highest BCUT2D eigenvalue weighted by atomic mass is 32.1. The summed E-state index contributed by atoms with van der Waals surface area (Å²) in [6, 6.07) is 9.31. The fourth-order valence-electron chi connectivity index (χ4n) is 2.00. The van der Waals surface area contributed by atoms with E-state index in [1.165, 1.54) is 21.1 Å². The van der Waals surface area contributed by atoms with Crippen molar-refractivity contribution >= 4 is 22.7 Å². The fourth-order valence-corrected chi connectivity index (χ4v) is 4.05. The second kappa shape index (κ2) is 6.21. The summed E-state index contributed by atoms with van der Waals surface area (Å²) in [5, 5.41) is 5.83. The van der Waals surface area contributed by atoms with E-state index in [1.807, 2.05) is 22.7 Å². The molecule has 0 spiro atoms. The van der Waals surface area contributed by atoms with E-state index in [2.05, 4.69) is 62.7 Å². The van der Waals surface area contributed by atoms with Gasteiger partial charge in [-0.05, 0) is 42.0 Å². The van der Waals surface area contributed by atoms with Crippen molar-refractivity contribution in [1.82, 2.24) is 5.32 Å². The van der Waals surface area contributed by atoms with E-state index in [9.17, 15) is 0 Å². The van der Waals surface area contributed by atoms with Gasteiger partial charge in [0.1, 0.15) is 0 Å². The van der Waals surface area contributed by atoms with Crippen LogP contribution < -0.4 is 5.32 Å². The van der Waals surface area contributed by atoms with Crippen molar-refractivity contribution in [1.29, 1.82) is 0 Å². The van der Waals surface area contributed by atoms with Crippen molar-refractivity contribution in [3.8, 4) is 0 Å². The van der Waals surface area contributed by atoms with Gasteiger partial charge in [-0.25, -0.2) is 0 Å². The predicted octanol–water partition coefficient (Wildman–Crippen LogP) is 5.20. The Morgan fingerprint density at radius 2 is 1.95 bits per heavy atom. The minimum Gasteiger partial charge on any atom is -0.305 e. The lowest BCUT2D eigenvalue weighted by Gasteiger charge is -2.17. The topological polar surface area (TPSA) is 12.0 Å². The molecule has 1 N–H and O–H groups in total. The average Bonchev–Trinajstić information content (AvgIpc) is 2.99. The monoisotopic (exact) mass is 293 g/mol. The largest absolute Gasteiger partial charge is 0.305 e. The van der Waals surface area contributed by atoms with Gasteiger partial charge in [-0.3, -0.25) is 0 Å². The van der Waals surface area contributed by atoms with Gasteiger partial charge in [0.25, 0.3) is 0 Å². The molecular formula is C16H23NS2. The van der Waals surface area contributed by atoms with Crippen molar-refractivity contribution in [3.05, 3.63) is 44.3 Å². The number of rotatable bonds is 5. The van der Waals surface area contributed by atoms with Crippen molar-refractivity contribution in [3.63, 3.8) is 0 Å². The number of nitrogens with one attached hydrogen (secondary N) is 1. The summed E-state index contributed by atoms with van der Waals surface area (Å²) in [5.74, 6) is 0. The molecule has 0 saturated carbocycles. The Morgan fingerprint density at radius 3 is 2.47 bits per heavy atom. The van der Waals surface area contributed by atoms with Crippen LogP contribution in [0.2, 0.25) is 0 Å². The van der Waals surface area contributed by atoms with Crippen LogP contribution in [-0.2, 0) is 5.41 Å². The Labute approximate surface area is 124 Å². The van der Waals surface area contributed by atoms with E-state index in [0.29, 0.717) is 6.04 Å². The van der Waals surface area contributed by atoms with Gasteiger partial charge in [0.05, 0.1) is 6.04 Å². The van der Waals surface area contributed by atoms with Crippen molar-refractivity contribution in [2.75, 3.05) is 6.54 Å². The van der Waals surface area contributed by atoms with E-state index in [-0.39, 0.29) is 5.41 Å². The number of hydrogen-bond donors (Lipinski definition) is 1. The van der Waals surface area contributed by atoms with Crippen LogP contribution in [0, 0.1) is 0 Å². The summed E-state index contributed by atoms with van der Waals surface area (Å²) < 4.78 is 0. The summed E-state index contributed by atoms with van der Waals surface area (Å²) >= 11 is 3.78. The summed E-state index contributed by atoms with van der Waals surface area (Å²) in [6.07, 6.45) is 1.17. The summed E-state index contributed by atoms with van der Waals surface area (Å²) in [4.78, 5) is 4.30. The third-order valence-electron chi connectivity index (χ3n) is 3.08. The molecule has 1 unspecified atom stereocenters. The summed E-state index contributed by atoms with van der Waals surface area (Å²) in [7, 11) is 0. The normalized spacial score (nSPS) is 13.7. The van der Waals surface area contributed by atoms with E-state index in [4.69, 9.17) is 0 Å². The van der Waals surface area contributed by atoms with Gasteiger partial charge in [-0.1, -0.05) is 33.8 Å². The number of hydrogen-bond acceptors (Lipinski definition) is 3. The molecule has 0 aliphatic rings. The smallest absolute Gasteiger partial charge is 0.0764 e. The molecule has 2 aromatic rings. The first kappa shape index (κ1) is 14.8. The first-order chi connectivity index (χ1) is 9.02. The Morgan fingerprint density at radius 1 is 1.16 bits per heavy atom. The zero-order chi connectivity index (χ0) is 13.9. The molecule has 104 valence electrons. The molecule has 0 radical (unpaired) electrons. The van der Waals surface area contributed by atoms with Crippen LogP contribution in [-0.4, -0.2) is 6.54 Å². The van der Waals surface area contributed by atoms with E-state index < -0.39 is 0 Å². The van der Waals surface area contributed by atoms with Gasteiger partial charge in [0.2, 0.25) is 0 Å². The lowest BCUT2D eigenvalue weighted by atomic mass is 9.95. The predicted molar refractivity (Wildman–Crippen MR) is 87.5 cm³/mol. The zero-order valence-electron chi connectivity index (χ0n) is 12.2.